The molecule has 2 aromatic rings. The quantitative estimate of drug-likeness (QED) is 0.921. The standard InChI is InChI=1S/C16H20N6O/c17-14(23)13-11-3-1-2-9(11)6-21(13)15-12-16(19-7-18-15)22(8-20-12)10-4-5-10/h7-11,13H,1-6H2,(H2,17,23)/t9-,11+,13+/m1/s1. The Morgan fingerprint density at radius 1 is 1.17 bits per heavy atom. The van der Waals surface area contributed by atoms with E-state index in [4.69, 9.17) is 5.73 Å². The van der Waals surface area contributed by atoms with Crippen molar-refractivity contribution in [3.05, 3.63) is 12.7 Å². The van der Waals surface area contributed by atoms with Gasteiger partial charge in [-0.2, -0.15) is 0 Å². The van der Waals surface area contributed by atoms with Gasteiger partial charge < -0.3 is 15.2 Å². The fourth-order valence-corrected chi connectivity index (χ4v) is 4.56. The van der Waals surface area contributed by atoms with Crippen LogP contribution in [0, 0.1) is 11.8 Å². The van der Waals surface area contributed by atoms with Crippen LogP contribution >= 0.6 is 0 Å². The predicted octanol–water partition coefficient (Wildman–Crippen LogP) is 1.25. The maximum absolute atomic E-state index is 12.1. The molecule has 3 heterocycles. The van der Waals surface area contributed by atoms with Gasteiger partial charge in [0.1, 0.15) is 12.4 Å². The minimum atomic E-state index is -0.258. The third-order valence-corrected chi connectivity index (χ3v) is 5.73. The van der Waals surface area contributed by atoms with Crippen LogP contribution in [0.15, 0.2) is 12.7 Å². The first kappa shape index (κ1) is 13.3. The van der Waals surface area contributed by atoms with Crippen LogP contribution < -0.4 is 10.6 Å². The van der Waals surface area contributed by atoms with Crippen molar-refractivity contribution in [3.63, 3.8) is 0 Å². The minimum absolute atomic E-state index is 0.243. The van der Waals surface area contributed by atoms with E-state index in [-0.39, 0.29) is 11.9 Å². The molecule has 2 aromatic heterocycles. The summed E-state index contributed by atoms with van der Waals surface area (Å²) in [7, 11) is 0. The summed E-state index contributed by atoms with van der Waals surface area (Å²) in [4.78, 5) is 27.6. The van der Waals surface area contributed by atoms with Gasteiger partial charge in [-0.1, -0.05) is 6.42 Å². The van der Waals surface area contributed by atoms with Gasteiger partial charge in [-0.05, 0) is 37.5 Å². The van der Waals surface area contributed by atoms with Gasteiger partial charge >= 0.3 is 0 Å². The van der Waals surface area contributed by atoms with Crippen LogP contribution in [-0.4, -0.2) is 38.0 Å². The van der Waals surface area contributed by atoms with E-state index >= 15 is 0 Å². The molecule has 3 atom stereocenters. The summed E-state index contributed by atoms with van der Waals surface area (Å²) in [5, 5.41) is 0. The molecule has 2 N–H and O–H groups in total. The van der Waals surface area contributed by atoms with Crippen LogP contribution in [0.25, 0.3) is 11.2 Å². The lowest BCUT2D eigenvalue weighted by atomic mass is 9.94. The van der Waals surface area contributed by atoms with Crippen LogP contribution in [0.3, 0.4) is 0 Å². The Hall–Kier alpha value is -2.18. The van der Waals surface area contributed by atoms with E-state index in [1.54, 1.807) is 6.33 Å². The third-order valence-electron chi connectivity index (χ3n) is 5.73. The fraction of sp³-hybridized carbons (Fsp3) is 0.625. The first-order valence-corrected chi connectivity index (χ1v) is 8.47. The summed E-state index contributed by atoms with van der Waals surface area (Å²) in [6, 6.07) is 0.263. The van der Waals surface area contributed by atoms with Gasteiger partial charge in [0.2, 0.25) is 5.91 Å². The molecule has 23 heavy (non-hydrogen) atoms. The summed E-state index contributed by atoms with van der Waals surface area (Å²) < 4.78 is 2.14. The summed E-state index contributed by atoms with van der Waals surface area (Å²) in [6.07, 6.45) is 9.27. The lowest BCUT2D eigenvalue weighted by Crippen LogP contribution is -2.44. The zero-order valence-corrected chi connectivity index (χ0v) is 12.9. The first-order chi connectivity index (χ1) is 11.2. The highest BCUT2D eigenvalue weighted by atomic mass is 16.1. The van der Waals surface area contributed by atoms with Crippen molar-refractivity contribution in [1.82, 2.24) is 19.5 Å². The summed E-state index contributed by atoms with van der Waals surface area (Å²) in [6.45, 7) is 0.848. The third kappa shape index (κ3) is 1.88. The molecule has 0 unspecified atom stereocenters. The number of aromatic nitrogens is 4. The SMILES string of the molecule is NC(=O)[C@@H]1[C@H]2CCC[C@@H]2CN1c1ncnc2c1ncn2C1CC1. The molecule has 120 valence electrons. The van der Waals surface area contributed by atoms with Crippen molar-refractivity contribution in [2.24, 2.45) is 17.6 Å². The van der Waals surface area contributed by atoms with Gasteiger partial charge in [-0.3, -0.25) is 4.79 Å². The second-order valence-corrected chi connectivity index (χ2v) is 7.11. The highest BCUT2D eigenvalue weighted by Gasteiger charge is 2.48. The van der Waals surface area contributed by atoms with Crippen LogP contribution in [0.2, 0.25) is 0 Å². The molecule has 7 heteroatoms. The number of hydrogen-bond donors (Lipinski definition) is 1. The van der Waals surface area contributed by atoms with Gasteiger partial charge in [0.05, 0.1) is 6.33 Å². The smallest absolute Gasteiger partial charge is 0.240 e. The van der Waals surface area contributed by atoms with Crippen molar-refractivity contribution in [2.45, 2.75) is 44.2 Å². The van der Waals surface area contributed by atoms with Crippen LogP contribution in [0.4, 0.5) is 5.82 Å². The largest absolute Gasteiger partial charge is 0.368 e. The van der Waals surface area contributed by atoms with Crippen LogP contribution in [0.1, 0.15) is 38.1 Å². The first-order valence-electron chi connectivity index (χ1n) is 8.47. The number of nitrogens with two attached hydrogens (primary N) is 1. The normalized spacial score (nSPS) is 30.1. The maximum Gasteiger partial charge on any atom is 0.240 e. The number of rotatable bonds is 3. The molecule has 2 aliphatic carbocycles. The van der Waals surface area contributed by atoms with Gasteiger partial charge in [0.15, 0.2) is 17.0 Å². The average Bonchev–Trinajstić information content (AvgIpc) is 2.97. The van der Waals surface area contributed by atoms with Crippen molar-refractivity contribution in [3.8, 4) is 0 Å². The molecule has 7 nitrogen and oxygen atoms in total. The molecule has 0 spiro atoms. The lowest BCUT2D eigenvalue weighted by molar-refractivity contribution is -0.120. The number of nitrogens with zero attached hydrogens (tertiary/aromatic N) is 5. The van der Waals surface area contributed by atoms with E-state index in [0.29, 0.717) is 17.9 Å². The molecule has 1 amide bonds. The zero-order valence-electron chi connectivity index (χ0n) is 12.9. The highest BCUT2D eigenvalue weighted by molar-refractivity contribution is 5.90. The summed E-state index contributed by atoms with van der Waals surface area (Å²) >= 11 is 0. The molecular weight excluding hydrogens is 292 g/mol. The van der Waals surface area contributed by atoms with Crippen LogP contribution in [0.5, 0.6) is 0 Å². The fourth-order valence-electron chi connectivity index (χ4n) is 4.56. The van der Waals surface area contributed by atoms with Crippen LogP contribution in [-0.2, 0) is 4.79 Å². The molecule has 2 saturated carbocycles. The number of amides is 1. The molecule has 3 fully saturated rings. The number of fused-ring (bicyclic) bond motifs is 2. The van der Waals surface area contributed by atoms with E-state index in [0.717, 1.165) is 29.9 Å². The summed E-state index contributed by atoms with van der Waals surface area (Å²) in [5.74, 6) is 1.44. The topological polar surface area (TPSA) is 89.9 Å². The molecule has 3 aliphatic rings. The molecule has 0 aromatic carbocycles. The number of hydrogen-bond acceptors (Lipinski definition) is 5. The molecule has 1 saturated heterocycles. The number of carbonyl (C=O) groups excluding carboxylic acids is 1. The van der Waals surface area contributed by atoms with E-state index in [2.05, 4.69) is 24.4 Å². The Labute approximate surface area is 133 Å². The Kier molecular flexibility index (Phi) is 2.69. The molecule has 0 bridgehead atoms. The second-order valence-electron chi connectivity index (χ2n) is 7.11. The Morgan fingerprint density at radius 2 is 2.04 bits per heavy atom. The molecule has 5 rings (SSSR count). The molecule has 0 radical (unpaired) electrons. The van der Waals surface area contributed by atoms with E-state index in [9.17, 15) is 4.79 Å². The van der Waals surface area contributed by atoms with Crippen molar-refractivity contribution < 1.29 is 4.79 Å². The van der Waals surface area contributed by atoms with Crippen molar-refractivity contribution in [2.75, 3.05) is 11.4 Å². The van der Waals surface area contributed by atoms with E-state index < -0.39 is 0 Å². The highest BCUT2D eigenvalue weighted by Crippen LogP contribution is 2.45. The second kappa shape index (κ2) is 4.66. The maximum atomic E-state index is 12.1. The lowest BCUT2D eigenvalue weighted by Gasteiger charge is -2.26. The molecular formula is C16H20N6O. The van der Waals surface area contributed by atoms with E-state index in [1.807, 2.05) is 6.33 Å². The Balaban J connectivity index is 1.61. The number of imidazole rings is 1. The Bertz CT molecular complexity index is 782. The van der Waals surface area contributed by atoms with Crippen molar-refractivity contribution in [1.29, 1.82) is 0 Å². The monoisotopic (exact) mass is 312 g/mol. The van der Waals surface area contributed by atoms with Gasteiger partial charge in [-0.15, -0.1) is 0 Å². The average molecular weight is 312 g/mol. The number of anilines is 1. The van der Waals surface area contributed by atoms with Gasteiger partial charge in [-0.25, -0.2) is 15.0 Å². The molecule has 1 aliphatic heterocycles. The number of carbonyl (C=O) groups is 1. The summed E-state index contributed by atoms with van der Waals surface area (Å²) in [5.41, 5.74) is 7.41. The zero-order chi connectivity index (χ0) is 15.6. The van der Waals surface area contributed by atoms with Gasteiger partial charge in [0, 0.05) is 12.6 Å². The predicted molar refractivity (Wildman–Crippen MR) is 84.8 cm³/mol. The van der Waals surface area contributed by atoms with Gasteiger partial charge in [0.25, 0.3) is 0 Å². The van der Waals surface area contributed by atoms with E-state index in [1.165, 1.54) is 25.7 Å². The minimum Gasteiger partial charge on any atom is -0.368 e. The number of primary amides is 1. The Morgan fingerprint density at radius 3 is 2.83 bits per heavy atom. The van der Waals surface area contributed by atoms with Crippen molar-refractivity contribution >= 4 is 22.9 Å².